The highest BCUT2D eigenvalue weighted by Gasteiger charge is 2.26. The molecule has 18 heavy (non-hydrogen) atoms. The molecule has 0 heterocycles. The monoisotopic (exact) mass is 263 g/mol. The molecule has 1 fully saturated rings. The lowest BCUT2D eigenvalue weighted by molar-refractivity contribution is 0.311. The molecule has 96 valence electrons. The Labute approximate surface area is 113 Å². The zero-order valence-corrected chi connectivity index (χ0v) is 11.1. The van der Waals surface area contributed by atoms with E-state index in [0.29, 0.717) is 10.6 Å². The molecular weight excluding hydrogens is 246 g/mol. The van der Waals surface area contributed by atoms with Gasteiger partial charge in [-0.3, -0.25) is 0 Å². The van der Waals surface area contributed by atoms with Gasteiger partial charge in [-0.1, -0.05) is 30.9 Å². The van der Waals surface area contributed by atoms with Crippen LogP contribution in [0.3, 0.4) is 0 Å². The number of anilines is 1. The summed E-state index contributed by atoms with van der Waals surface area (Å²) < 4.78 is 0. The molecule has 1 aromatic carbocycles. The van der Waals surface area contributed by atoms with E-state index in [1.807, 2.05) is 6.07 Å². The molecule has 3 N–H and O–H groups in total. The highest BCUT2D eigenvalue weighted by Crippen LogP contribution is 2.27. The lowest BCUT2D eigenvalue weighted by atomic mass is 9.82. The van der Waals surface area contributed by atoms with Crippen LogP contribution >= 0.6 is 11.6 Å². The van der Waals surface area contributed by atoms with E-state index >= 15 is 0 Å². The zero-order valence-electron chi connectivity index (χ0n) is 10.4. The van der Waals surface area contributed by atoms with Gasteiger partial charge in [-0.2, -0.15) is 5.26 Å². The fourth-order valence-corrected chi connectivity index (χ4v) is 2.65. The molecule has 0 atom stereocenters. The molecular formula is C14H18ClN3. The molecule has 4 heteroatoms. The SMILES string of the molecule is N#Cc1ccc(NCC2(N)CCCCC2)cc1Cl. The van der Waals surface area contributed by atoms with Crippen LogP contribution in [-0.4, -0.2) is 12.1 Å². The number of nitriles is 1. The van der Waals surface area contributed by atoms with E-state index in [0.717, 1.165) is 25.1 Å². The van der Waals surface area contributed by atoms with Gasteiger partial charge < -0.3 is 11.1 Å². The molecule has 0 bridgehead atoms. The summed E-state index contributed by atoms with van der Waals surface area (Å²) in [6.45, 7) is 0.759. The molecule has 0 aromatic heterocycles. The zero-order chi connectivity index (χ0) is 13.0. The molecule has 1 aromatic rings. The summed E-state index contributed by atoms with van der Waals surface area (Å²) in [5, 5.41) is 12.6. The van der Waals surface area contributed by atoms with Crippen molar-refractivity contribution in [2.24, 2.45) is 5.73 Å². The molecule has 0 amide bonds. The van der Waals surface area contributed by atoms with Crippen LogP contribution in [0.1, 0.15) is 37.7 Å². The van der Waals surface area contributed by atoms with Gasteiger partial charge >= 0.3 is 0 Å². The van der Waals surface area contributed by atoms with Gasteiger partial charge in [0.1, 0.15) is 6.07 Å². The minimum atomic E-state index is -0.0986. The minimum Gasteiger partial charge on any atom is -0.383 e. The number of halogens is 1. The molecule has 0 aliphatic heterocycles. The molecule has 1 saturated carbocycles. The summed E-state index contributed by atoms with van der Waals surface area (Å²) in [4.78, 5) is 0. The summed E-state index contributed by atoms with van der Waals surface area (Å²) in [5.74, 6) is 0. The van der Waals surface area contributed by atoms with E-state index in [4.69, 9.17) is 22.6 Å². The minimum absolute atomic E-state index is 0.0986. The van der Waals surface area contributed by atoms with Crippen molar-refractivity contribution in [3.8, 4) is 6.07 Å². The van der Waals surface area contributed by atoms with Gasteiger partial charge in [-0.05, 0) is 31.0 Å². The fraction of sp³-hybridized carbons (Fsp3) is 0.500. The van der Waals surface area contributed by atoms with E-state index in [1.54, 1.807) is 12.1 Å². The van der Waals surface area contributed by atoms with Gasteiger partial charge in [0.05, 0.1) is 10.6 Å². The second kappa shape index (κ2) is 5.60. The number of rotatable bonds is 3. The summed E-state index contributed by atoms with van der Waals surface area (Å²) in [5.41, 5.74) is 7.68. The third-order valence-corrected chi connectivity index (χ3v) is 3.90. The van der Waals surface area contributed by atoms with E-state index in [1.165, 1.54) is 19.3 Å². The Balaban J connectivity index is 1.98. The van der Waals surface area contributed by atoms with Crippen LogP contribution in [0.5, 0.6) is 0 Å². The lowest BCUT2D eigenvalue weighted by Gasteiger charge is -2.33. The van der Waals surface area contributed by atoms with Gasteiger partial charge in [-0.15, -0.1) is 0 Å². The predicted octanol–water partition coefficient (Wildman–Crippen LogP) is 3.29. The van der Waals surface area contributed by atoms with Crippen LogP contribution in [0.2, 0.25) is 5.02 Å². The van der Waals surface area contributed by atoms with Crippen molar-refractivity contribution >= 4 is 17.3 Å². The first-order valence-corrected chi connectivity index (χ1v) is 6.73. The molecule has 0 saturated heterocycles. The van der Waals surface area contributed by atoms with Crippen molar-refractivity contribution in [2.75, 3.05) is 11.9 Å². The number of hydrogen-bond donors (Lipinski definition) is 2. The summed E-state index contributed by atoms with van der Waals surface area (Å²) >= 11 is 5.99. The lowest BCUT2D eigenvalue weighted by Crippen LogP contribution is -2.47. The maximum absolute atomic E-state index is 8.81. The van der Waals surface area contributed by atoms with E-state index < -0.39 is 0 Å². The highest BCUT2D eigenvalue weighted by atomic mass is 35.5. The quantitative estimate of drug-likeness (QED) is 0.880. The second-order valence-electron chi connectivity index (χ2n) is 5.08. The first-order valence-electron chi connectivity index (χ1n) is 6.35. The van der Waals surface area contributed by atoms with E-state index in [9.17, 15) is 0 Å². The van der Waals surface area contributed by atoms with Crippen molar-refractivity contribution in [1.82, 2.24) is 0 Å². The van der Waals surface area contributed by atoms with Crippen molar-refractivity contribution in [3.05, 3.63) is 28.8 Å². The molecule has 0 spiro atoms. The van der Waals surface area contributed by atoms with Crippen LogP contribution in [0.4, 0.5) is 5.69 Å². The number of nitrogens with zero attached hydrogens (tertiary/aromatic N) is 1. The normalized spacial score (nSPS) is 18.1. The van der Waals surface area contributed by atoms with Crippen molar-refractivity contribution < 1.29 is 0 Å². The highest BCUT2D eigenvalue weighted by molar-refractivity contribution is 6.32. The molecule has 3 nitrogen and oxygen atoms in total. The fourth-order valence-electron chi connectivity index (χ4n) is 2.43. The van der Waals surface area contributed by atoms with Crippen molar-refractivity contribution in [3.63, 3.8) is 0 Å². The van der Waals surface area contributed by atoms with Crippen LogP contribution in [0.25, 0.3) is 0 Å². The largest absolute Gasteiger partial charge is 0.383 e. The third kappa shape index (κ3) is 3.16. The Kier molecular flexibility index (Phi) is 4.11. The van der Waals surface area contributed by atoms with Crippen LogP contribution < -0.4 is 11.1 Å². The van der Waals surface area contributed by atoms with Crippen LogP contribution in [0.15, 0.2) is 18.2 Å². The number of nitrogens with one attached hydrogen (secondary N) is 1. The molecule has 2 rings (SSSR count). The molecule has 0 radical (unpaired) electrons. The topological polar surface area (TPSA) is 61.8 Å². The van der Waals surface area contributed by atoms with Gasteiger partial charge in [0.25, 0.3) is 0 Å². The van der Waals surface area contributed by atoms with E-state index in [2.05, 4.69) is 11.4 Å². The first-order chi connectivity index (χ1) is 8.63. The average molecular weight is 264 g/mol. The first kappa shape index (κ1) is 13.2. The van der Waals surface area contributed by atoms with Gasteiger partial charge in [-0.25, -0.2) is 0 Å². The maximum atomic E-state index is 8.81. The average Bonchev–Trinajstić information content (AvgIpc) is 2.38. The Hall–Kier alpha value is -1.24. The number of nitrogens with two attached hydrogens (primary N) is 1. The molecule has 0 unspecified atom stereocenters. The standard InChI is InChI=1S/C14H18ClN3/c15-13-8-12(5-4-11(13)9-16)18-10-14(17)6-2-1-3-7-14/h4-5,8,18H,1-3,6-7,10,17H2. The molecule has 1 aliphatic carbocycles. The summed E-state index contributed by atoms with van der Waals surface area (Å²) in [7, 11) is 0. The predicted molar refractivity (Wildman–Crippen MR) is 74.7 cm³/mol. The van der Waals surface area contributed by atoms with Crippen LogP contribution in [0, 0.1) is 11.3 Å². The number of benzene rings is 1. The Morgan fingerprint density at radius 3 is 2.67 bits per heavy atom. The summed E-state index contributed by atoms with van der Waals surface area (Å²) in [6, 6.07) is 7.44. The molecule has 1 aliphatic rings. The Morgan fingerprint density at radius 1 is 1.33 bits per heavy atom. The van der Waals surface area contributed by atoms with Gasteiger partial charge in [0.2, 0.25) is 0 Å². The van der Waals surface area contributed by atoms with Crippen molar-refractivity contribution in [1.29, 1.82) is 5.26 Å². The second-order valence-corrected chi connectivity index (χ2v) is 5.49. The van der Waals surface area contributed by atoms with Crippen molar-refractivity contribution in [2.45, 2.75) is 37.6 Å². The van der Waals surface area contributed by atoms with Gasteiger partial charge in [0, 0.05) is 17.8 Å². The smallest absolute Gasteiger partial charge is 0.101 e. The van der Waals surface area contributed by atoms with Gasteiger partial charge in [0.15, 0.2) is 0 Å². The summed E-state index contributed by atoms with van der Waals surface area (Å²) in [6.07, 6.45) is 5.87. The maximum Gasteiger partial charge on any atom is 0.101 e. The Bertz CT molecular complexity index is 459. The van der Waals surface area contributed by atoms with Crippen LogP contribution in [-0.2, 0) is 0 Å². The Morgan fingerprint density at radius 2 is 2.06 bits per heavy atom. The number of hydrogen-bond acceptors (Lipinski definition) is 3. The van der Waals surface area contributed by atoms with E-state index in [-0.39, 0.29) is 5.54 Å². The third-order valence-electron chi connectivity index (χ3n) is 3.58.